The fraction of sp³-hybridized carbons (Fsp3) is 0.250. The number of amides is 2. The molecule has 2 aliphatic rings. The van der Waals surface area contributed by atoms with Gasteiger partial charge in [-0.25, -0.2) is 18.7 Å². The van der Waals surface area contributed by atoms with Crippen LogP contribution in [0, 0.1) is 11.6 Å². The average Bonchev–Trinajstić information content (AvgIpc) is 3.30. The monoisotopic (exact) mass is 586 g/mol. The van der Waals surface area contributed by atoms with Gasteiger partial charge in [0.05, 0.1) is 55.9 Å². The molecule has 2 amide bonds. The number of ether oxygens (including phenoxy) is 2. The summed E-state index contributed by atoms with van der Waals surface area (Å²) in [7, 11) is 3.08. The quantitative estimate of drug-likeness (QED) is 0.333. The second-order valence-corrected chi connectivity index (χ2v) is 10.5. The van der Waals surface area contributed by atoms with Crippen LogP contribution >= 0.6 is 0 Å². The number of rotatable bonds is 8. The topological polar surface area (TPSA) is 105 Å². The Morgan fingerprint density at radius 1 is 0.977 bits per heavy atom. The van der Waals surface area contributed by atoms with Gasteiger partial charge in [-0.15, -0.1) is 0 Å². The van der Waals surface area contributed by atoms with Gasteiger partial charge in [0, 0.05) is 36.7 Å². The molecule has 1 aromatic heterocycles. The van der Waals surface area contributed by atoms with Gasteiger partial charge < -0.3 is 24.4 Å². The number of likely N-dealkylation sites (tertiary alicyclic amines) is 1. The number of fused-ring (bicyclic) bond motifs is 1. The molecule has 0 saturated carbocycles. The zero-order valence-electron chi connectivity index (χ0n) is 23.5. The molecular weight excluding hydrogens is 558 g/mol. The number of aliphatic hydroxyl groups is 1. The summed E-state index contributed by atoms with van der Waals surface area (Å²) in [5, 5.41) is 9.51. The fourth-order valence-electron chi connectivity index (χ4n) is 5.36. The molecule has 3 heterocycles. The van der Waals surface area contributed by atoms with E-state index in [-0.39, 0.29) is 48.3 Å². The van der Waals surface area contributed by atoms with E-state index in [1.54, 1.807) is 53.3 Å². The van der Waals surface area contributed by atoms with Crippen LogP contribution in [0.15, 0.2) is 60.7 Å². The lowest BCUT2D eigenvalue weighted by molar-refractivity contribution is 0.00589. The maximum Gasteiger partial charge on any atom is 0.258 e. The van der Waals surface area contributed by atoms with Gasteiger partial charge >= 0.3 is 0 Å². The Labute approximate surface area is 246 Å². The predicted molar refractivity (Wildman–Crippen MR) is 152 cm³/mol. The fourth-order valence-corrected chi connectivity index (χ4v) is 5.36. The average molecular weight is 587 g/mol. The van der Waals surface area contributed by atoms with Crippen molar-refractivity contribution in [3.8, 4) is 22.9 Å². The van der Waals surface area contributed by atoms with Crippen molar-refractivity contribution in [2.24, 2.45) is 0 Å². The number of hydrogen-bond acceptors (Lipinski definition) is 7. The van der Waals surface area contributed by atoms with E-state index in [9.17, 15) is 23.5 Å². The van der Waals surface area contributed by atoms with E-state index in [0.717, 1.165) is 23.3 Å². The van der Waals surface area contributed by atoms with Crippen LogP contribution in [0.25, 0.3) is 11.4 Å². The zero-order chi connectivity index (χ0) is 30.2. The smallest absolute Gasteiger partial charge is 0.258 e. The second kappa shape index (κ2) is 11.4. The second-order valence-electron chi connectivity index (χ2n) is 10.5. The van der Waals surface area contributed by atoms with Crippen LogP contribution < -0.4 is 9.47 Å². The normalized spacial score (nSPS) is 14.5. The molecule has 0 aliphatic carbocycles. The van der Waals surface area contributed by atoms with E-state index in [1.165, 1.54) is 13.2 Å². The van der Waals surface area contributed by atoms with Crippen LogP contribution in [0.5, 0.6) is 11.5 Å². The lowest BCUT2D eigenvalue weighted by atomic mass is 10.0. The first-order valence-corrected chi connectivity index (χ1v) is 13.7. The lowest BCUT2D eigenvalue weighted by Gasteiger charge is -2.35. The van der Waals surface area contributed by atoms with Crippen LogP contribution in [0.4, 0.5) is 8.78 Å². The first-order chi connectivity index (χ1) is 20.7. The Morgan fingerprint density at radius 2 is 1.70 bits per heavy atom. The molecule has 0 unspecified atom stereocenters. The predicted octanol–water partition coefficient (Wildman–Crippen LogP) is 4.00. The van der Waals surface area contributed by atoms with Gasteiger partial charge in [-0.2, -0.15) is 0 Å². The van der Waals surface area contributed by atoms with Gasteiger partial charge in [-0.05, 0) is 42.0 Å². The van der Waals surface area contributed by atoms with Crippen molar-refractivity contribution in [3.63, 3.8) is 0 Å². The van der Waals surface area contributed by atoms with E-state index in [0.29, 0.717) is 41.5 Å². The summed E-state index contributed by atoms with van der Waals surface area (Å²) < 4.78 is 40.4. The minimum absolute atomic E-state index is 0.108. The Bertz CT molecular complexity index is 1700. The SMILES string of the molecule is COc1ccc(CN2Cc3nc(-c4c(F)cccc4F)nc(Cc4ccc(C(=O)N5CC(O)C5)cc4)c3C2=O)c(OC)c1. The number of hydrogen-bond donors (Lipinski definition) is 1. The van der Waals surface area contributed by atoms with Crippen LogP contribution in [-0.2, 0) is 19.5 Å². The molecule has 1 fully saturated rings. The van der Waals surface area contributed by atoms with Crippen LogP contribution in [0.3, 0.4) is 0 Å². The minimum atomic E-state index is -0.811. The van der Waals surface area contributed by atoms with Crippen molar-refractivity contribution in [3.05, 3.63) is 106 Å². The van der Waals surface area contributed by atoms with Crippen molar-refractivity contribution in [2.75, 3.05) is 27.3 Å². The number of nitrogens with zero attached hydrogens (tertiary/aromatic N) is 4. The van der Waals surface area contributed by atoms with Crippen molar-refractivity contribution < 1.29 is 33.0 Å². The van der Waals surface area contributed by atoms with Gasteiger partial charge in [-0.3, -0.25) is 9.59 Å². The number of halogens is 2. The van der Waals surface area contributed by atoms with Crippen LogP contribution in [0.2, 0.25) is 0 Å². The third-order valence-corrected chi connectivity index (χ3v) is 7.66. The molecular formula is C32H28F2N4O5. The molecule has 4 aromatic rings. The molecule has 0 bridgehead atoms. The van der Waals surface area contributed by atoms with Gasteiger partial charge in [0.25, 0.3) is 11.8 Å². The number of β-amino-alcohol motifs (C(OH)–C–C–N with tert-alkyl or cyclic N) is 1. The summed E-state index contributed by atoms with van der Waals surface area (Å²) >= 11 is 0. The number of aliphatic hydroxyl groups excluding tert-OH is 1. The third kappa shape index (κ3) is 5.39. The maximum atomic E-state index is 14.8. The largest absolute Gasteiger partial charge is 0.497 e. The van der Waals surface area contributed by atoms with Gasteiger partial charge in [0.2, 0.25) is 0 Å². The van der Waals surface area contributed by atoms with Crippen LogP contribution in [-0.4, -0.2) is 70.1 Å². The van der Waals surface area contributed by atoms with E-state index in [4.69, 9.17) is 9.47 Å². The third-order valence-electron chi connectivity index (χ3n) is 7.66. The summed E-state index contributed by atoms with van der Waals surface area (Å²) in [6.45, 7) is 0.901. The highest BCUT2D eigenvalue weighted by atomic mass is 19.1. The molecule has 43 heavy (non-hydrogen) atoms. The Morgan fingerprint density at radius 3 is 2.35 bits per heavy atom. The standard InChI is InChI=1S/C32H28F2N4O5/c1-42-22-11-10-20(27(13-22)43-2)14-37-17-26-29(32(37)41)25(35-30(36-26)28-23(33)4-3-5-24(28)34)12-18-6-8-19(9-7-18)31(40)38-15-21(39)16-38/h3-11,13,21,39H,12,14-17H2,1-2H3. The Hall–Kier alpha value is -4.90. The number of benzene rings is 3. The first kappa shape index (κ1) is 28.2. The van der Waals surface area contributed by atoms with Crippen molar-refractivity contribution in [1.82, 2.24) is 19.8 Å². The summed E-state index contributed by atoms with van der Waals surface area (Å²) in [5.41, 5.74) is 2.55. The lowest BCUT2D eigenvalue weighted by Crippen LogP contribution is -2.53. The number of carbonyl (C=O) groups is 2. The molecule has 2 aliphatic heterocycles. The molecule has 0 radical (unpaired) electrons. The molecule has 0 spiro atoms. The molecule has 6 rings (SSSR count). The summed E-state index contributed by atoms with van der Waals surface area (Å²) in [4.78, 5) is 38.5. The van der Waals surface area contributed by atoms with Crippen LogP contribution in [0.1, 0.15) is 43.2 Å². The summed E-state index contributed by atoms with van der Waals surface area (Å²) in [5.74, 6) is -1.11. The zero-order valence-corrected chi connectivity index (χ0v) is 23.5. The van der Waals surface area contributed by atoms with Crippen molar-refractivity contribution >= 4 is 11.8 Å². The van der Waals surface area contributed by atoms with Crippen molar-refractivity contribution in [2.45, 2.75) is 25.6 Å². The molecule has 1 saturated heterocycles. The highest BCUT2D eigenvalue weighted by molar-refractivity contribution is 5.99. The van der Waals surface area contributed by atoms with E-state index < -0.39 is 17.7 Å². The van der Waals surface area contributed by atoms with Gasteiger partial charge in [-0.1, -0.05) is 18.2 Å². The Kier molecular flexibility index (Phi) is 7.49. The Balaban J connectivity index is 1.34. The summed E-state index contributed by atoms with van der Waals surface area (Å²) in [6.07, 6.45) is -0.338. The minimum Gasteiger partial charge on any atom is -0.497 e. The highest BCUT2D eigenvalue weighted by Crippen LogP contribution is 2.33. The molecule has 11 heteroatoms. The van der Waals surface area contributed by atoms with E-state index >= 15 is 0 Å². The maximum absolute atomic E-state index is 14.8. The molecule has 3 aromatic carbocycles. The molecule has 0 atom stereocenters. The number of aromatic nitrogens is 2. The molecule has 9 nitrogen and oxygen atoms in total. The number of carbonyl (C=O) groups excluding carboxylic acids is 2. The highest BCUT2D eigenvalue weighted by Gasteiger charge is 2.34. The molecule has 220 valence electrons. The number of methoxy groups -OCH3 is 2. The van der Waals surface area contributed by atoms with Crippen molar-refractivity contribution in [1.29, 1.82) is 0 Å². The van der Waals surface area contributed by atoms with E-state index in [1.807, 2.05) is 6.07 Å². The summed E-state index contributed by atoms with van der Waals surface area (Å²) in [6, 6.07) is 15.7. The van der Waals surface area contributed by atoms with E-state index in [2.05, 4.69) is 9.97 Å². The van der Waals surface area contributed by atoms with Gasteiger partial charge in [0.1, 0.15) is 23.1 Å². The van der Waals surface area contributed by atoms with Gasteiger partial charge in [0.15, 0.2) is 5.82 Å². The molecule has 1 N–H and O–H groups in total. The first-order valence-electron chi connectivity index (χ1n) is 13.7.